The molecule has 1 aromatic carbocycles. The summed E-state index contributed by atoms with van der Waals surface area (Å²) in [6.45, 7) is 0. The molecule has 84 valence electrons. The van der Waals surface area contributed by atoms with Gasteiger partial charge < -0.3 is 9.79 Å². The van der Waals surface area contributed by atoms with Crippen molar-refractivity contribution in [3.63, 3.8) is 0 Å². The van der Waals surface area contributed by atoms with Gasteiger partial charge in [0.15, 0.2) is 15.3 Å². The maximum Gasteiger partial charge on any atom is 0.340 e. The Labute approximate surface area is 91.8 Å². The second kappa shape index (κ2) is 4.23. The highest BCUT2D eigenvalue weighted by Gasteiger charge is 2.27. The van der Waals surface area contributed by atoms with Crippen LogP contribution >= 0.6 is 19.2 Å². The smallest absolute Gasteiger partial charge is 0.324 e. The highest BCUT2D eigenvalue weighted by atomic mass is 35.5. The van der Waals surface area contributed by atoms with Gasteiger partial charge in [0.2, 0.25) is 0 Å². The summed E-state index contributed by atoms with van der Waals surface area (Å²) >= 11 is 5.61. The molecule has 0 aromatic heterocycles. The van der Waals surface area contributed by atoms with Crippen LogP contribution in [-0.4, -0.2) is 23.7 Å². The molecule has 0 bridgehead atoms. The lowest BCUT2D eigenvalue weighted by Crippen LogP contribution is -2.07. The van der Waals surface area contributed by atoms with Gasteiger partial charge in [-0.1, -0.05) is 23.7 Å². The summed E-state index contributed by atoms with van der Waals surface area (Å²) in [6.07, 6.45) is 0. The molecule has 5 nitrogen and oxygen atoms in total. The number of benzene rings is 1. The summed E-state index contributed by atoms with van der Waals surface area (Å²) in [5.74, 6) is 0. The minimum atomic E-state index is -4.62. The van der Waals surface area contributed by atoms with Crippen molar-refractivity contribution >= 4 is 29.0 Å². The van der Waals surface area contributed by atoms with E-state index in [1.807, 2.05) is 0 Å². The van der Waals surface area contributed by atoms with Gasteiger partial charge >= 0.3 is 7.60 Å². The Balaban J connectivity index is 3.19. The van der Waals surface area contributed by atoms with Crippen molar-refractivity contribution in [2.45, 2.75) is 4.90 Å². The highest BCUT2D eigenvalue weighted by Crippen LogP contribution is 2.39. The van der Waals surface area contributed by atoms with E-state index in [9.17, 15) is 13.0 Å². The fraction of sp³-hybridized carbons (Fsp3) is 0.143. The minimum absolute atomic E-state index is 0.0500. The standard InChI is InChI=1S/C7H8ClO5PS/c8-6-3-1-2-4-7(6)15(12,13)5-14(9,10)11/h1-4H,5H2,(H2,9,10,11). The van der Waals surface area contributed by atoms with Crippen molar-refractivity contribution in [1.82, 2.24) is 0 Å². The fourth-order valence-corrected chi connectivity index (χ4v) is 4.45. The molecule has 0 amide bonds. The molecule has 8 heteroatoms. The van der Waals surface area contributed by atoms with Crippen molar-refractivity contribution in [1.29, 1.82) is 0 Å². The summed E-state index contributed by atoms with van der Waals surface area (Å²) in [7, 11) is -8.66. The molecule has 0 unspecified atom stereocenters. The van der Waals surface area contributed by atoms with Gasteiger partial charge in [-0.05, 0) is 12.1 Å². The highest BCUT2D eigenvalue weighted by molar-refractivity contribution is 7.97. The van der Waals surface area contributed by atoms with Crippen LogP contribution < -0.4 is 0 Å². The van der Waals surface area contributed by atoms with Gasteiger partial charge in [-0.2, -0.15) is 0 Å². The SMILES string of the molecule is O=P(O)(O)CS(=O)(=O)c1ccccc1Cl. The molecule has 0 aliphatic heterocycles. The molecular formula is C7H8ClO5PS. The lowest BCUT2D eigenvalue weighted by Gasteiger charge is -2.06. The van der Waals surface area contributed by atoms with Crippen LogP contribution in [0.25, 0.3) is 0 Å². The van der Waals surface area contributed by atoms with Crippen LogP contribution in [0, 0.1) is 0 Å². The van der Waals surface area contributed by atoms with E-state index in [1.165, 1.54) is 24.3 Å². The molecule has 0 aliphatic carbocycles. The van der Waals surface area contributed by atoms with E-state index >= 15 is 0 Å². The molecule has 2 N–H and O–H groups in total. The summed E-state index contributed by atoms with van der Waals surface area (Å²) < 4.78 is 33.6. The maximum atomic E-state index is 11.5. The van der Waals surface area contributed by atoms with Crippen LogP contribution in [0.4, 0.5) is 0 Å². The zero-order valence-electron chi connectivity index (χ0n) is 7.37. The van der Waals surface area contributed by atoms with Gasteiger partial charge in [-0.3, -0.25) is 4.57 Å². The number of halogens is 1. The molecule has 1 rings (SSSR count). The predicted octanol–water partition coefficient (Wildman–Crippen LogP) is 1.25. The Hall–Kier alpha value is -0.390. The topological polar surface area (TPSA) is 91.7 Å². The Bertz CT molecular complexity index is 506. The van der Waals surface area contributed by atoms with E-state index in [2.05, 4.69) is 0 Å². The summed E-state index contributed by atoms with van der Waals surface area (Å²) in [5.41, 5.74) is -1.23. The molecule has 0 radical (unpaired) electrons. The first kappa shape index (κ1) is 12.7. The molecular weight excluding hydrogens is 263 g/mol. The van der Waals surface area contributed by atoms with Crippen LogP contribution in [0.5, 0.6) is 0 Å². The molecule has 0 saturated carbocycles. The average molecular weight is 271 g/mol. The van der Waals surface area contributed by atoms with Gasteiger partial charge in [0.1, 0.15) is 0 Å². The Morgan fingerprint density at radius 2 is 1.80 bits per heavy atom. The van der Waals surface area contributed by atoms with Crippen LogP contribution in [0.1, 0.15) is 0 Å². The normalized spacial score (nSPS) is 12.7. The molecule has 1 aromatic rings. The first-order valence-electron chi connectivity index (χ1n) is 3.74. The van der Waals surface area contributed by atoms with E-state index in [-0.39, 0.29) is 9.92 Å². The molecule has 0 atom stereocenters. The van der Waals surface area contributed by atoms with Crippen molar-refractivity contribution in [3.05, 3.63) is 29.3 Å². The van der Waals surface area contributed by atoms with Gasteiger partial charge in [-0.25, -0.2) is 8.42 Å². The first-order valence-corrected chi connectivity index (χ1v) is 7.57. The fourth-order valence-electron chi connectivity index (χ4n) is 0.988. The van der Waals surface area contributed by atoms with Gasteiger partial charge in [0.05, 0.1) is 9.92 Å². The minimum Gasteiger partial charge on any atom is -0.324 e. The summed E-state index contributed by atoms with van der Waals surface area (Å²) in [5, 5.41) is -0.0500. The molecule has 0 saturated heterocycles. The number of rotatable bonds is 3. The second-order valence-corrected chi connectivity index (χ2v) is 7.28. The van der Waals surface area contributed by atoms with E-state index in [0.29, 0.717) is 0 Å². The number of hydrogen-bond donors (Lipinski definition) is 2. The first-order chi connectivity index (χ1) is 6.72. The zero-order valence-corrected chi connectivity index (χ0v) is 9.84. The quantitative estimate of drug-likeness (QED) is 0.807. The second-order valence-electron chi connectivity index (χ2n) is 2.84. The zero-order chi connectivity index (χ0) is 11.7. The third kappa shape index (κ3) is 3.59. The summed E-state index contributed by atoms with van der Waals surface area (Å²) in [4.78, 5) is 16.9. The van der Waals surface area contributed by atoms with E-state index in [1.54, 1.807) is 0 Å². The van der Waals surface area contributed by atoms with Crippen molar-refractivity contribution in [2.75, 3.05) is 5.49 Å². The van der Waals surface area contributed by atoms with Crippen molar-refractivity contribution < 1.29 is 22.8 Å². The third-order valence-electron chi connectivity index (χ3n) is 1.51. The largest absolute Gasteiger partial charge is 0.340 e. The van der Waals surface area contributed by atoms with Gasteiger partial charge in [-0.15, -0.1) is 0 Å². The Morgan fingerprint density at radius 1 is 1.27 bits per heavy atom. The average Bonchev–Trinajstić information content (AvgIpc) is 1.99. The van der Waals surface area contributed by atoms with Crippen LogP contribution in [-0.2, 0) is 14.4 Å². The van der Waals surface area contributed by atoms with Crippen molar-refractivity contribution in [3.8, 4) is 0 Å². The maximum absolute atomic E-state index is 11.5. The van der Waals surface area contributed by atoms with E-state index < -0.39 is 22.9 Å². The molecule has 0 spiro atoms. The van der Waals surface area contributed by atoms with Crippen molar-refractivity contribution in [2.24, 2.45) is 0 Å². The van der Waals surface area contributed by atoms with E-state index in [4.69, 9.17) is 21.4 Å². The van der Waals surface area contributed by atoms with Gasteiger partial charge in [0.25, 0.3) is 0 Å². The molecule has 0 aliphatic rings. The lowest BCUT2D eigenvalue weighted by atomic mass is 10.4. The Morgan fingerprint density at radius 3 is 2.27 bits per heavy atom. The van der Waals surface area contributed by atoms with Crippen LogP contribution in [0.15, 0.2) is 29.2 Å². The predicted molar refractivity (Wildman–Crippen MR) is 55.5 cm³/mol. The summed E-state index contributed by atoms with van der Waals surface area (Å²) in [6, 6.07) is 5.50. The monoisotopic (exact) mass is 270 g/mol. The third-order valence-corrected chi connectivity index (χ3v) is 5.68. The number of sulfone groups is 1. The molecule has 0 heterocycles. The van der Waals surface area contributed by atoms with Gasteiger partial charge in [0, 0.05) is 0 Å². The Kier molecular flexibility index (Phi) is 3.58. The van der Waals surface area contributed by atoms with Crippen LogP contribution in [0.3, 0.4) is 0 Å². The van der Waals surface area contributed by atoms with E-state index in [0.717, 1.165) is 0 Å². The molecule has 15 heavy (non-hydrogen) atoms. The van der Waals surface area contributed by atoms with Crippen LogP contribution in [0.2, 0.25) is 5.02 Å². The number of hydrogen-bond acceptors (Lipinski definition) is 3. The lowest BCUT2D eigenvalue weighted by molar-refractivity contribution is 0.378. The molecule has 0 fully saturated rings.